The molecule has 0 saturated carbocycles. The first-order valence-electron chi connectivity index (χ1n) is 6.46. The summed E-state index contributed by atoms with van der Waals surface area (Å²) in [4.78, 5) is 12.0. The lowest BCUT2D eigenvalue weighted by Gasteiger charge is -2.16. The molecule has 2 aromatic carbocycles. The van der Waals surface area contributed by atoms with Gasteiger partial charge in [0.2, 0.25) is 0 Å². The standard InChI is InChI=1S/C16H14ClF2NO/c17-10-13(8-11-4-2-1-3-5-11)20-16(21)12-6-7-14(18)15(19)9-12/h1-7,9,13H,8,10H2,(H,20,21)/t13-/m0/s1. The fourth-order valence-corrected chi connectivity index (χ4v) is 2.14. The van der Waals surface area contributed by atoms with E-state index in [1.54, 1.807) is 0 Å². The summed E-state index contributed by atoms with van der Waals surface area (Å²) in [5, 5.41) is 2.72. The van der Waals surface area contributed by atoms with Gasteiger partial charge in [-0.3, -0.25) is 4.79 Å². The summed E-state index contributed by atoms with van der Waals surface area (Å²) >= 11 is 5.86. The van der Waals surface area contributed by atoms with Crippen LogP contribution in [-0.4, -0.2) is 17.8 Å². The molecule has 0 aliphatic carbocycles. The first kappa shape index (κ1) is 15.4. The molecule has 2 nitrogen and oxygen atoms in total. The van der Waals surface area contributed by atoms with Crippen LogP contribution in [0.1, 0.15) is 15.9 Å². The van der Waals surface area contributed by atoms with Gasteiger partial charge in [-0.25, -0.2) is 8.78 Å². The van der Waals surface area contributed by atoms with Crippen LogP contribution in [0.3, 0.4) is 0 Å². The highest BCUT2D eigenvalue weighted by atomic mass is 35.5. The third-order valence-corrected chi connectivity index (χ3v) is 3.40. The van der Waals surface area contributed by atoms with Gasteiger partial charge in [0.25, 0.3) is 5.91 Å². The molecule has 5 heteroatoms. The Morgan fingerprint density at radius 1 is 1.10 bits per heavy atom. The molecule has 0 saturated heterocycles. The Morgan fingerprint density at radius 3 is 2.43 bits per heavy atom. The van der Waals surface area contributed by atoms with E-state index in [2.05, 4.69) is 5.32 Å². The van der Waals surface area contributed by atoms with E-state index in [-0.39, 0.29) is 17.5 Å². The van der Waals surface area contributed by atoms with E-state index in [4.69, 9.17) is 11.6 Å². The lowest BCUT2D eigenvalue weighted by molar-refractivity contribution is 0.0940. The molecule has 21 heavy (non-hydrogen) atoms. The van der Waals surface area contributed by atoms with Gasteiger partial charge in [0.15, 0.2) is 11.6 Å². The number of benzene rings is 2. The van der Waals surface area contributed by atoms with Crippen molar-refractivity contribution in [2.24, 2.45) is 0 Å². The minimum Gasteiger partial charge on any atom is -0.348 e. The third-order valence-electron chi connectivity index (χ3n) is 3.03. The molecule has 1 N–H and O–H groups in total. The van der Waals surface area contributed by atoms with Crippen molar-refractivity contribution in [2.45, 2.75) is 12.5 Å². The highest BCUT2D eigenvalue weighted by Gasteiger charge is 2.15. The van der Waals surface area contributed by atoms with Gasteiger partial charge in [-0.2, -0.15) is 0 Å². The highest BCUT2D eigenvalue weighted by molar-refractivity contribution is 6.18. The Balaban J connectivity index is 2.04. The summed E-state index contributed by atoms with van der Waals surface area (Å²) in [6.07, 6.45) is 0.569. The van der Waals surface area contributed by atoms with E-state index in [0.29, 0.717) is 6.42 Å². The summed E-state index contributed by atoms with van der Waals surface area (Å²) in [6, 6.07) is 12.3. The van der Waals surface area contributed by atoms with Crippen LogP contribution in [-0.2, 0) is 6.42 Å². The number of carbonyl (C=O) groups is 1. The second-order valence-electron chi connectivity index (χ2n) is 4.64. The summed E-state index contributed by atoms with van der Waals surface area (Å²) in [6.45, 7) is 0. The van der Waals surface area contributed by atoms with E-state index in [0.717, 1.165) is 17.7 Å². The molecule has 110 valence electrons. The van der Waals surface area contributed by atoms with Crippen LogP contribution in [0.25, 0.3) is 0 Å². The van der Waals surface area contributed by atoms with Gasteiger partial charge in [-0.1, -0.05) is 30.3 Å². The largest absolute Gasteiger partial charge is 0.348 e. The van der Waals surface area contributed by atoms with Crippen LogP contribution >= 0.6 is 11.6 Å². The Kier molecular flexibility index (Phi) is 5.28. The molecule has 0 unspecified atom stereocenters. The van der Waals surface area contributed by atoms with Gasteiger partial charge in [0.05, 0.1) is 0 Å². The number of carbonyl (C=O) groups excluding carboxylic acids is 1. The zero-order valence-corrected chi connectivity index (χ0v) is 11.9. The number of halogens is 3. The molecule has 0 aliphatic rings. The van der Waals surface area contributed by atoms with E-state index in [9.17, 15) is 13.6 Å². The summed E-state index contributed by atoms with van der Waals surface area (Å²) in [5.41, 5.74) is 1.10. The molecule has 0 bridgehead atoms. The number of rotatable bonds is 5. The van der Waals surface area contributed by atoms with Crippen molar-refractivity contribution in [2.75, 3.05) is 5.88 Å². The molecule has 0 radical (unpaired) electrons. The molecule has 0 aromatic heterocycles. The molecule has 1 amide bonds. The van der Waals surface area contributed by atoms with Gasteiger partial charge < -0.3 is 5.32 Å². The van der Waals surface area contributed by atoms with Crippen LogP contribution in [0.2, 0.25) is 0 Å². The number of hydrogen-bond acceptors (Lipinski definition) is 1. The molecule has 0 aliphatic heterocycles. The number of alkyl halides is 1. The quantitative estimate of drug-likeness (QED) is 0.841. The molecule has 0 heterocycles. The molecule has 2 aromatic rings. The normalized spacial score (nSPS) is 12.0. The van der Waals surface area contributed by atoms with Crippen molar-refractivity contribution in [3.8, 4) is 0 Å². The van der Waals surface area contributed by atoms with Gasteiger partial charge in [0.1, 0.15) is 0 Å². The molecular weight excluding hydrogens is 296 g/mol. The van der Waals surface area contributed by atoms with Gasteiger partial charge in [0, 0.05) is 17.5 Å². The van der Waals surface area contributed by atoms with Crippen molar-refractivity contribution in [3.05, 3.63) is 71.3 Å². The first-order valence-corrected chi connectivity index (χ1v) is 6.99. The Labute approximate surface area is 126 Å². The first-order chi connectivity index (χ1) is 10.1. The van der Waals surface area contributed by atoms with Crippen molar-refractivity contribution < 1.29 is 13.6 Å². The van der Waals surface area contributed by atoms with Gasteiger partial charge >= 0.3 is 0 Å². The maximum atomic E-state index is 13.1. The number of amides is 1. The monoisotopic (exact) mass is 309 g/mol. The molecule has 2 rings (SSSR count). The average molecular weight is 310 g/mol. The van der Waals surface area contributed by atoms with E-state index in [1.165, 1.54) is 6.07 Å². The fourth-order valence-electron chi connectivity index (χ4n) is 1.95. The molecule has 1 atom stereocenters. The van der Waals surface area contributed by atoms with Crippen molar-refractivity contribution in [1.29, 1.82) is 0 Å². The molecule has 0 fully saturated rings. The minimum absolute atomic E-state index is 0.0667. The van der Waals surface area contributed by atoms with Crippen molar-refractivity contribution >= 4 is 17.5 Å². The van der Waals surface area contributed by atoms with Crippen molar-refractivity contribution in [3.63, 3.8) is 0 Å². The van der Waals surface area contributed by atoms with E-state index in [1.807, 2.05) is 30.3 Å². The van der Waals surface area contributed by atoms with Crippen LogP contribution < -0.4 is 5.32 Å². The average Bonchev–Trinajstić information content (AvgIpc) is 2.50. The topological polar surface area (TPSA) is 29.1 Å². The maximum absolute atomic E-state index is 13.1. The summed E-state index contributed by atoms with van der Waals surface area (Å²) < 4.78 is 26.0. The Morgan fingerprint density at radius 2 is 1.81 bits per heavy atom. The lowest BCUT2D eigenvalue weighted by Crippen LogP contribution is -2.37. The predicted octanol–water partition coefficient (Wildman–Crippen LogP) is 3.54. The second kappa shape index (κ2) is 7.18. The van der Waals surface area contributed by atoms with Crippen LogP contribution in [0.4, 0.5) is 8.78 Å². The third kappa shape index (κ3) is 4.26. The minimum atomic E-state index is -1.05. The smallest absolute Gasteiger partial charge is 0.251 e. The Bertz CT molecular complexity index is 619. The zero-order valence-electron chi connectivity index (χ0n) is 11.2. The lowest BCUT2D eigenvalue weighted by atomic mass is 10.1. The van der Waals surface area contributed by atoms with Crippen LogP contribution in [0.5, 0.6) is 0 Å². The van der Waals surface area contributed by atoms with E-state index < -0.39 is 17.5 Å². The zero-order chi connectivity index (χ0) is 15.2. The van der Waals surface area contributed by atoms with Crippen LogP contribution in [0, 0.1) is 11.6 Å². The Hall–Kier alpha value is -1.94. The van der Waals surface area contributed by atoms with Crippen molar-refractivity contribution in [1.82, 2.24) is 5.32 Å². The van der Waals surface area contributed by atoms with Gasteiger partial charge in [-0.15, -0.1) is 11.6 Å². The number of hydrogen-bond donors (Lipinski definition) is 1. The fraction of sp³-hybridized carbons (Fsp3) is 0.188. The summed E-state index contributed by atoms with van der Waals surface area (Å²) in [5.74, 6) is -2.28. The van der Waals surface area contributed by atoms with E-state index >= 15 is 0 Å². The molecular formula is C16H14ClF2NO. The SMILES string of the molecule is O=C(N[C@H](CCl)Cc1ccccc1)c1ccc(F)c(F)c1. The number of nitrogens with one attached hydrogen (secondary N) is 1. The predicted molar refractivity (Wildman–Crippen MR) is 78.5 cm³/mol. The highest BCUT2D eigenvalue weighted by Crippen LogP contribution is 2.10. The van der Waals surface area contributed by atoms with Gasteiger partial charge in [-0.05, 0) is 30.2 Å². The maximum Gasteiger partial charge on any atom is 0.251 e. The molecule has 0 spiro atoms. The van der Waals surface area contributed by atoms with Crippen LogP contribution in [0.15, 0.2) is 48.5 Å². The second-order valence-corrected chi connectivity index (χ2v) is 4.95. The summed E-state index contributed by atoms with van der Waals surface area (Å²) in [7, 11) is 0.